The fourth-order valence-electron chi connectivity index (χ4n) is 1.53. The van der Waals surface area contributed by atoms with Gasteiger partial charge in [-0.1, -0.05) is 35.5 Å². The van der Waals surface area contributed by atoms with E-state index in [2.05, 4.69) is 16.4 Å². The molecule has 4 heteroatoms. The Morgan fingerprint density at radius 2 is 2.00 bits per heavy atom. The van der Waals surface area contributed by atoms with Crippen LogP contribution < -0.4 is 5.32 Å². The second-order valence-corrected chi connectivity index (χ2v) is 4.68. The number of nitrogens with zero attached hydrogens (tertiary/aromatic N) is 1. The van der Waals surface area contributed by atoms with Crippen molar-refractivity contribution in [3.05, 3.63) is 41.7 Å². The zero-order valence-corrected chi connectivity index (χ0v) is 9.27. The topological polar surface area (TPSA) is 24.9 Å². The second kappa shape index (κ2) is 3.43. The summed E-state index contributed by atoms with van der Waals surface area (Å²) < 4.78 is 0. The fourth-order valence-corrected chi connectivity index (χ4v) is 2.76. The minimum Gasteiger partial charge on any atom is -0.352 e. The molecule has 1 aliphatic heterocycles. The highest BCUT2D eigenvalue weighted by molar-refractivity contribution is 7.99. The van der Waals surface area contributed by atoms with Gasteiger partial charge in [0.2, 0.25) is 0 Å². The summed E-state index contributed by atoms with van der Waals surface area (Å²) in [7, 11) is 0. The van der Waals surface area contributed by atoms with Crippen LogP contribution in [0.5, 0.6) is 0 Å². The molecule has 0 amide bonds. The number of hydrogen-bond acceptors (Lipinski definition) is 3. The Bertz CT molecular complexity index is 528. The Hall–Kier alpha value is -1.19. The molecule has 0 bridgehead atoms. The van der Waals surface area contributed by atoms with Crippen molar-refractivity contribution >= 4 is 34.7 Å². The molecule has 0 aliphatic carbocycles. The van der Waals surface area contributed by atoms with Gasteiger partial charge in [-0.05, 0) is 12.1 Å². The molecule has 0 saturated carbocycles. The summed E-state index contributed by atoms with van der Waals surface area (Å²) in [5, 5.41) is 4.01. The van der Waals surface area contributed by atoms with Gasteiger partial charge >= 0.3 is 0 Å². The van der Waals surface area contributed by atoms with Gasteiger partial charge in [-0.15, -0.1) is 0 Å². The molecule has 2 aromatic rings. The Morgan fingerprint density at radius 3 is 2.93 bits per heavy atom. The van der Waals surface area contributed by atoms with E-state index in [1.54, 1.807) is 24.2 Å². The quantitative estimate of drug-likeness (QED) is 0.638. The summed E-state index contributed by atoms with van der Waals surface area (Å²) >= 11 is 7.76. The summed E-state index contributed by atoms with van der Waals surface area (Å²) in [5.74, 6) is 0. The third kappa shape index (κ3) is 1.48. The second-order valence-electron chi connectivity index (χ2n) is 3.22. The van der Waals surface area contributed by atoms with E-state index in [0.29, 0.717) is 5.02 Å². The number of fused-ring (bicyclic) bond motifs is 2. The van der Waals surface area contributed by atoms with Crippen molar-refractivity contribution in [1.29, 1.82) is 0 Å². The Balaban J connectivity index is 2.15. The van der Waals surface area contributed by atoms with Crippen LogP contribution in [0.2, 0.25) is 5.02 Å². The lowest BCUT2D eigenvalue weighted by molar-refractivity contribution is 1.23. The maximum absolute atomic E-state index is 6.09. The highest BCUT2D eigenvalue weighted by Crippen LogP contribution is 2.46. The maximum Gasteiger partial charge on any atom is 0.0749 e. The molecule has 15 heavy (non-hydrogen) atoms. The molecular weight excluding hydrogens is 228 g/mol. The molecule has 0 fully saturated rings. The first-order valence-electron chi connectivity index (χ1n) is 4.52. The first kappa shape index (κ1) is 9.07. The lowest BCUT2D eigenvalue weighted by Gasteiger charge is -2.20. The number of anilines is 2. The molecular formula is C11H7ClN2S. The van der Waals surface area contributed by atoms with Gasteiger partial charge in [0.05, 0.1) is 27.5 Å². The lowest BCUT2D eigenvalue weighted by Crippen LogP contribution is -2.00. The molecule has 0 saturated heterocycles. The average Bonchev–Trinajstić information content (AvgIpc) is 2.27. The molecule has 2 heterocycles. The van der Waals surface area contributed by atoms with Gasteiger partial charge in [0, 0.05) is 11.1 Å². The Morgan fingerprint density at radius 1 is 1.13 bits per heavy atom. The van der Waals surface area contributed by atoms with E-state index < -0.39 is 0 Å². The van der Waals surface area contributed by atoms with E-state index in [1.807, 2.05) is 18.2 Å². The van der Waals surface area contributed by atoms with Gasteiger partial charge in [-0.25, -0.2) is 0 Å². The number of benzene rings is 1. The molecule has 0 radical (unpaired) electrons. The third-order valence-electron chi connectivity index (χ3n) is 2.22. The Kier molecular flexibility index (Phi) is 2.08. The van der Waals surface area contributed by atoms with Gasteiger partial charge in [0.1, 0.15) is 0 Å². The molecule has 1 N–H and O–H groups in total. The summed E-state index contributed by atoms with van der Waals surface area (Å²) in [6.07, 6.45) is 3.47. The van der Waals surface area contributed by atoms with Crippen LogP contribution in [0.25, 0.3) is 0 Å². The SMILES string of the molecule is Clc1cncc2c1Sc1ccccc1N2. The van der Waals surface area contributed by atoms with Crippen molar-refractivity contribution in [2.24, 2.45) is 0 Å². The van der Waals surface area contributed by atoms with Crippen molar-refractivity contribution in [3.8, 4) is 0 Å². The van der Waals surface area contributed by atoms with E-state index in [-0.39, 0.29) is 0 Å². The Labute approximate surface area is 96.7 Å². The molecule has 1 aromatic carbocycles. The van der Waals surface area contributed by atoms with Gasteiger partial charge in [-0.3, -0.25) is 4.98 Å². The first-order chi connectivity index (χ1) is 7.34. The van der Waals surface area contributed by atoms with Gasteiger partial charge in [0.15, 0.2) is 0 Å². The van der Waals surface area contributed by atoms with Crippen molar-refractivity contribution < 1.29 is 0 Å². The van der Waals surface area contributed by atoms with E-state index in [4.69, 9.17) is 11.6 Å². The number of hydrogen-bond donors (Lipinski definition) is 1. The number of aromatic nitrogens is 1. The predicted octanol–water partition coefficient (Wildman–Crippen LogP) is 3.94. The highest BCUT2D eigenvalue weighted by atomic mass is 35.5. The number of para-hydroxylation sites is 1. The molecule has 0 atom stereocenters. The molecule has 74 valence electrons. The predicted molar refractivity (Wildman–Crippen MR) is 63.1 cm³/mol. The molecule has 0 spiro atoms. The normalized spacial score (nSPS) is 12.6. The lowest BCUT2D eigenvalue weighted by atomic mass is 10.3. The monoisotopic (exact) mass is 234 g/mol. The minimum atomic E-state index is 0.694. The molecule has 1 aliphatic rings. The highest BCUT2D eigenvalue weighted by Gasteiger charge is 2.17. The number of rotatable bonds is 0. The fraction of sp³-hybridized carbons (Fsp3) is 0. The van der Waals surface area contributed by atoms with Crippen LogP contribution >= 0.6 is 23.4 Å². The molecule has 3 rings (SSSR count). The van der Waals surface area contributed by atoms with Crippen LogP contribution in [0.1, 0.15) is 0 Å². The van der Waals surface area contributed by atoms with Crippen molar-refractivity contribution in [3.63, 3.8) is 0 Å². The van der Waals surface area contributed by atoms with Gasteiger partial charge < -0.3 is 5.32 Å². The number of nitrogens with one attached hydrogen (secondary N) is 1. The molecule has 2 nitrogen and oxygen atoms in total. The van der Waals surface area contributed by atoms with Crippen molar-refractivity contribution in [2.45, 2.75) is 9.79 Å². The van der Waals surface area contributed by atoms with E-state index in [9.17, 15) is 0 Å². The van der Waals surface area contributed by atoms with E-state index in [0.717, 1.165) is 16.3 Å². The van der Waals surface area contributed by atoms with Gasteiger partial charge in [-0.2, -0.15) is 0 Å². The number of pyridine rings is 1. The average molecular weight is 235 g/mol. The van der Waals surface area contributed by atoms with Crippen LogP contribution in [0.4, 0.5) is 11.4 Å². The number of halogens is 1. The molecule has 1 aromatic heterocycles. The van der Waals surface area contributed by atoms with Crippen molar-refractivity contribution in [2.75, 3.05) is 5.32 Å². The van der Waals surface area contributed by atoms with E-state index in [1.165, 1.54) is 4.90 Å². The zero-order valence-electron chi connectivity index (χ0n) is 7.70. The molecule has 0 unspecified atom stereocenters. The smallest absolute Gasteiger partial charge is 0.0749 e. The standard InChI is InChI=1S/C11H7ClN2S/c12-7-5-13-6-9-11(7)15-10-4-2-1-3-8(10)14-9/h1-6,14H. The first-order valence-corrected chi connectivity index (χ1v) is 5.71. The van der Waals surface area contributed by atoms with Crippen molar-refractivity contribution in [1.82, 2.24) is 4.98 Å². The summed E-state index contributed by atoms with van der Waals surface area (Å²) in [4.78, 5) is 6.30. The van der Waals surface area contributed by atoms with Crippen LogP contribution in [0.15, 0.2) is 46.5 Å². The van der Waals surface area contributed by atoms with Gasteiger partial charge in [0.25, 0.3) is 0 Å². The van der Waals surface area contributed by atoms with Crippen LogP contribution in [-0.4, -0.2) is 4.98 Å². The largest absolute Gasteiger partial charge is 0.352 e. The zero-order chi connectivity index (χ0) is 10.3. The van der Waals surface area contributed by atoms with Crippen LogP contribution in [-0.2, 0) is 0 Å². The summed E-state index contributed by atoms with van der Waals surface area (Å²) in [6, 6.07) is 8.15. The van der Waals surface area contributed by atoms with Crippen LogP contribution in [0.3, 0.4) is 0 Å². The summed E-state index contributed by atoms with van der Waals surface area (Å²) in [5.41, 5.74) is 2.09. The van der Waals surface area contributed by atoms with E-state index >= 15 is 0 Å². The summed E-state index contributed by atoms with van der Waals surface area (Å²) in [6.45, 7) is 0. The maximum atomic E-state index is 6.09. The minimum absolute atomic E-state index is 0.694. The third-order valence-corrected chi connectivity index (χ3v) is 3.84. The van der Waals surface area contributed by atoms with Crippen LogP contribution in [0, 0.1) is 0 Å².